The SMILES string of the molecule is Cc1cc(C)c([S+](c2ccccc2)c2ccccc2)c(C)c1.FC(F)(F)C(F)(F)C(F)(F)C(F)(F)C(F)(F)C(F)(F)C(F)(F)C(F)(F)F. The minimum Gasteiger partial charge on any atom is -0.192 e. The molecule has 0 atom stereocenters. The predicted octanol–water partition coefficient (Wildman–Crippen LogP) is 11.6. The van der Waals surface area contributed by atoms with Gasteiger partial charge in [0, 0.05) is 11.1 Å². The van der Waals surface area contributed by atoms with E-state index < -0.39 is 47.9 Å². The lowest BCUT2D eigenvalue weighted by molar-refractivity contribution is -0.468. The van der Waals surface area contributed by atoms with Gasteiger partial charge in [-0.05, 0) is 45.0 Å². The van der Waals surface area contributed by atoms with Gasteiger partial charge in [-0.15, -0.1) is 0 Å². The Bertz CT molecular complexity index is 1420. The fraction of sp³-hybridized carbons (Fsp3) is 0.379. The summed E-state index contributed by atoms with van der Waals surface area (Å²) in [5, 5.41) is 0. The van der Waals surface area contributed by atoms with Crippen molar-refractivity contribution in [3.05, 3.63) is 89.5 Å². The maximum atomic E-state index is 12.8. The van der Waals surface area contributed by atoms with Crippen LogP contribution in [0.15, 0.2) is 87.5 Å². The molecule has 3 aromatic rings. The molecule has 0 nitrogen and oxygen atoms in total. The van der Waals surface area contributed by atoms with Crippen molar-refractivity contribution in [1.82, 2.24) is 0 Å². The molecule has 3 aromatic carbocycles. The second-order valence-corrected chi connectivity index (χ2v) is 12.1. The van der Waals surface area contributed by atoms with E-state index in [1.165, 1.54) is 31.4 Å². The van der Waals surface area contributed by atoms with Crippen molar-refractivity contribution in [3.63, 3.8) is 0 Å². The highest BCUT2D eigenvalue weighted by Crippen LogP contribution is 2.64. The number of benzene rings is 3. The summed E-state index contributed by atoms with van der Waals surface area (Å²) in [5.41, 5.74) is 4.10. The standard InChI is InChI=1S/C21H21S.C8F18/c1-16-14-17(2)21(18(3)15-16)22(19-10-6-4-7-11-19)20-12-8-5-9-13-20;9-1(10,3(13,14)5(17,18)7(21,22)23)2(11,12)4(15,16)6(19,20)8(24,25)26/h4-15H,1-3H3;/q+1;. The van der Waals surface area contributed by atoms with E-state index in [-0.39, 0.29) is 10.9 Å². The maximum Gasteiger partial charge on any atom is 0.460 e. The third-order valence-corrected chi connectivity index (χ3v) is 8.99. The van der Waals surface area contributed by atoms with E-state index in [0.717, 1.165) is 0 Å². The highest BCUT2D eigenvalue weighted by atomic mass is 32.2. The van der Waals surface area contributed by atoms with Gasteiger partial charge in [0.1, 0.15) is 0 Å². The van der Waals surface area contributed by atoms with Crippen LogP contribution in [0.25, 0.3) is 0 Å². The predicted molar refractivity (Wildman–Crippen MR) is 137 cm³/mol. The van der Waals surface area contributed by atoms with Crippen LogP contribution in [0, 0.1) is 20.8 Å². The molecule has 0 bridgehead atoms. The van der Waals surface area contributed by atoms with E-state index in [9.17, 15) is 79.0 Å². The molecule has 0 aromatic heterocycles. The van der Waals surface area contributed by atoms with Crippen molar-refractivity contribution in [2.24, 2.45) is 0 Å². The van der Waals surface area contributed by atoms with Gasteiger partial charge in [-0.1, -0.05) is 54.1 Å². The lowest BCUT2D eigenvalue weighted by Crippen LogP contribution is -2.74. The third-order valence-electron chi connectivity index (χ3n) is 6.45. The monoisotopic (exact) mass is 743 g/mol. The van der Waals surface area contributed by atoms with Crippen LogP contribution in [0.4, 0.5) is 79.0 Å². The van der Waals surface area contributed by atoms with E-state index in [0.29, 0.717) is 0 Å². The van der Waals surface area contributed by atoms with Crippen molar-refractivity contribution >= 4 is 10.9 Å². The fourth-order valence-electron chi connectivity index (χ4n) is 4.12. The largest absolute Gasteiger partial charge is 0.460 e. The molecule has 0 saturated carbocycles. The fourth-order valence-corrected chi connectivity index (χ4v) is 6.48. The van der Waals surface area contributed by atoms with Gasteiger partial charge in [-0.3, -0.25) is 0 Å². The average Bonchev–Trinajstić information content (AvgIpc) is 2.94. The van der Waals surface area contributed by atoms with Gasteiger partial charge in [-0.2, -0.15) is 79.0 Å². The highest BCUT2D eigenvalue weighted by Gasteiger charge is 2.95. The van der Waals surface area contributed by atoms with Gasteiger partial charge in [0.15, 0.2) is 14.7 Å². The van der Waals surface area contributed by atoms with Crippen LogP contribution in [0.1, 0.15) is 16.7 Å². The molecule has 0 heterocycles. The first kappa shape index (κ1) is 40.9. The normalized spacial score (nSPS) is 14.1. The third kappa shape index (κ3) is 6.92. The maximum absolute atomic E-state index is 12.8. The van der Waals surface area contributed by atoms with Crippen molar-refractivity contribution in [3.8, 4) is 0 Å². The van der Waals surface area contributed by atoms with Gasteiger partial charge in [-0.25, -0.2) is 0 Å². The van der Waals surface area contributed by atoms with E-state index in [1.807, 2.05) is 0 Å². The molecule has 0 fully saturated rings. The van der Waals surface area contributed by atoms with Crippen LogP contribution in [0.5, 0.6) is 0 Å². The quantitative estimate of drug-likeness (QED) is 0.159. The Morgan fingerprint density at radius 2 is 0.625 bits per heavy atom. The number of halogens is 18. The average molecular weight is 744 g/mol. The molecule has 0 aliphatic heterocycles. The summed E-state index contributed by atoms with van der Waals surface area (Å²) >= 11 is 0. The zero-order chi connectivity index (χ0) is 37.5. The first-order chi connectivity index (χ1) is 21.4. The molecular formula is C29H21F18S+. The lowest BCUT2D eigenvalue weighted by Gasteiger charge is -2.41. The summed E-state index contributed by atoms with van der Waals surface area (Å²) in [7, 11) is -0.0460. The molecule has 0 amide bonds. The first-order valence-electron chi connectivity index (χ1n) is 12.7. The van der Waals surface area contributed by atoms with Gasteiger partial charge in [0.05, 0.1) is 10.9 Å². The Labute approximate surface area is 263 Å². The van der Waals surface area contributed by atoms with Crippen molar-refractivity contribution in [2.75, 3.05) is 0 Å². The minimum absolute atomic E-state index is 0.0460. The summed E-state index contributed by atoms with van der Waals surface area (Å²) < 4.78 is 221. The number of aryl methyl sites for hydroxylation is 3. The number of rotatable bonds is 8. The Hall–Kier alpha value is -3.25. The van der Waals surface area contributed by atoms with Gasteiger partial charge < -0.3 is 0 Å². The van der Waals surface area contributed by atoms with E-state index in [4.69, 9.17) is 0 Å². The molecule has 0 N–H and O–H groups in total. The molecule has 3 rings (SSSR count). The summed E-state index contributed by atoms with van der Waals surface area (Å²) in [4.78, 5) is 4.22. The second-order valence-electron chi connectivity index (χ2n) is 10.1. The molecule has 0 aliphatic carbocycles. The number of hydrogen-bond acceptors (Lipinski definition) is 0. The molecule has 19 heteroatoms. The Morgan fingerprint density at radius 1 is 0.375 bits per heavy atom. The first-order valence-corrected chi connectivity index (χ1v) is 14.0. The molecule has 0 spiro atoms. The Kier molecular flexibility index (Phi) is 11.3. The molecule has 268 valence electrons. The van der Waals surface area contributed by atoms with Crippen LogP contribution in [-0.2, 0) is 10.9 Å². The molecule has 0 saturated heterocycles. The Balaban J connectivity index is 0.000000336. The molecule has 0 aliphatic rings. The zero-order valence-electron chi connectivity index (χ0n) is 24.1. The lowest BCUT2D eigenvalue weighted by atomic mass is 9.91. The van der Waals surface area contributed by atoms with E-state index in [1.54, 1.807) is 0 Å². The van der Waals surface area contributed by atoms with Crippen molar-refractivity contribution in [1.29, 1.82) is 0 Å². The van der Waals surface area contributed by atoms with Crippen LogP contribution in [-0.4, -0.2) is 47.9 Å². The summed E-state index contributed by atoms with van der Waals surface area (Å²) in [6.45, 7) is 6.65. The summed E-state index contributed by atoms with van der Waals surface area (Å²) in [6, 6.07) is 26.3. The van der Waals surface area contributed by atoms with Crippen molar-refractivity contribution in [2.45, 2.75) is 83.3 Å². The van der Waals surface area contributed by atoms with Gasteiger partial charge in [0.2, 0.25) is 0 Å². The zero-order valence-corrected chi connectivity index (χ0v) is 25.0. The minimum atomic E-state index is -8.72. The number of alkyl halides is 18. The molecule has 0 radical (unpaired) electrons. The van der Waals surface area contributed by atoms with Crippen LogP contribution in [0.3, 0.4) is 0 Å². The van der Waals surface area contributed by atoms with Gasteiger partial charge >= 0.3 is 47.9 Å². The smallest absolute Gasteiger partial charge is 0.192 e. The summed E-state index contributed by atoms with van der Waals surface area (Å²) in [5.74, 6) is -51.0. The van der Waals surface area contributed by atoms with Crippen LogP contribution < -0.4 is 0 Å². The highest BCUT2D eigenvalue weighted by molar-refractivity contribution is 7.97. The van der Waals surface area contributed by atoms with E-state index >= 15 is 0 Å². The van der Waals surface area contributed by atoms with Crippen molar-refractivity contribution < 1.29 is 79.0 Å². The van der Waals surface area contributed by atoms with Gasteiger partial charge in [0.25, 0.3) is 0 Å². The van der Waals surface area contributed by atoms with Crippen LogP contribution in [0.2, 0.25) is 0 Å². The summed E-state index contributed by atoms with van der Waals surface area (Å²) in [6.07, 6.45) is -15.6. The molecule has 48 heavy (non-hydrogen) atoms. The number of hydrogen-bond donors (Lipinski definition) is 0. The molecule has 0 unspecified atom stereocenters. The Morgan fingerprint density at radius 3 is 0.875 bits per heavy atom. The second kappa shape index (κ2) is 13.2. The van der Waals surface area contributed by atoms with Crippen LogP contribution >= 0.6 is 0 Å². The molecular weight excluding hydrogens is 722 g/mol. The topological polar surface area (TPSA) is 0 Å². The van der Waals surface area contributed by atoms with E-state index in [2.05, 4.69) is 93.6 Å².